The quantitative estimate of drug-likeness (QED) is 0.398. The molecule has 0 saturated heterocycles. The highest BCUT2D eigenvalue weighted by Gasteiger charge is 2.43. The van der Waals surface area contributed by atoms with E-state index in [0.29, 0.717) is 21.3 Å². The summed E-state index contributed by atoms with van der Waals surface area (Å²) in [7, 11) is -4.21. The molecule has 0 aromatic heterocycles. The van der Waals surface area contributed by atoms with E-state index in [1.54, 1.807) is 30.3 Å². The third-order valence-corrected chi connectivity index (χ3v) is 8.77. The minimum atomic E-state index is -4.21. The lowest BCUT2D eigenvalue weighted by molar-refractivity contribution is -0.141. The number of fused-ring (bicyclic) bond motifs is 1. The lowest BCUT2D eigenvalue weighted by atomic mass is 10.0. The highest BCUT2D eigenvalue weighted by Crippen LogP contribution is 2.30. The Morgan fingerprint density at radius 2 is 1.59 bits per heavy atom. The Balaban J connectivity index is 1.71. The minimum Gasteiger partial charge on any atom is -0.352 e. The first kappa shape index (κ1) is 28.3. The summed E-state index contributed by atoms with van der Waals surface area (Å²) in [6.45, 7) is 3.09. The van der Waals surface area contributed by atoms with Crippen molar-refractivity contribution in [2.75, 3.05) is 6.54 Å². The number of hydrogen-bond acceptors (Lipinski definition) is 5. The van der Waals surface area contributed by atoms with E-state index in [1.807, 2.05) is 44.2 Å². The van der Waals surface area contributed by atoms with Gasteiger partial charge >= 0.3 is 0 Å². The molecule has 2 atom stereocenters. The Morgan fingerprint density at radius 3 is 2.23 bits per heavy atom. The van der Waals surface area contributed by atoms with Gasteiger partial charge in [-0.05, 0) is 48.7 Å². The van der Waals surface area contributed by atoms with Crippen LogP contribution in [-0.4, -0.2) is 54.0 Å². The molecular formula is C29H30ClN3O5S. The van der Waals surface area contributed by atoms with Crippen molar-refractivity contribution in [2.24, 2.45) is 0 Å². The van der Waals surface area contributed by atoms with Crippen LogP contribution in [0, 0.1) is 0 Å². The average molecular weight is 568 g/mol. The van der Waals surface area contributed by atoms with Crippen LogP contribution in [-0.2, 0) is 32.6 Å². The normalized spacial score (nSPS) is 15.4. The van der Waals surface area contributed by atoms with Crippen LogP contribution < -0.4 is 5.32 Å². The van der Waals surface area contributed by atoms with E-state index >= 15 is 0 Å². The van der Waals surface area contributed by atoms with Gasteiger partial charge in [0.25, 0.3) is 15.9 Å². The van der Waals surface area contributed by atoms with Crippen LogP contribution in [0.3, 0.4) is 0 Å². The van der Waals surface area contributed by atoms with Gasteiger partial charge in [0.15, 0.2) is 0 Å². The second kappa shape index (κ2) is 12.0. The molecule has 3 aromatic rings. The summed E-state index contributed by atoms with van der Waals surface area (Å²) in [5.74, 6) is -1.81. The Hall–Kier alpha value is -3.69. The van der Waals surface area contributed by atoms with Crippen LogP contribution in [0.2, 0.25) is 5.02 Å². The van der Waals surface area contributed by atoms with Gasteiger partial charge in [-0.1, -0.05) is 73.1 Å². The molecule has 0 unspecified atom stereocenters. The molecule has 1 N–H and O–H groups in total. The Kier molecular flexibility index (Phi) is 8.72. The number of carbonyl (C=O) groups excluding carboxylic acids is 3. The van der Waals surface area contributed by atoms with Gasteiger partial charge in [-0.3, -0.25) is 14.4 Å². The Bertz CT molecular complexity index is 1460. The summed E-state index contributed by atoms with van der Waals surface area (Å²) >= 11 is 6.05. The minimum absolute atomic E-state index is 0.0104. The van der Waals surface area contributed by atoms with Crippen molar-refractivity contribution >= 4 is 39.3 Å². The van der Waals surface area contributed by atoms with Gasteiger partial charge in [0.2, 0.25) is 11.8 Å². The van der Waals surface area contributed by atoms with Crippen molar-refractivity contribution in [2.45, 2.75) is 50.2 Å². The van der Waals surface area contributed by atoms with E-state index in [0.717, 1.165) is 5.56 Å². The van der Waals surface area contributed by atoms with Crippen molar-refractivity contribution in [1.29, 1.82) is 0 Å². The maximum absolute atomic E-state index is 13.9. The molecule has 39 heavy (non-hydrogen) atoms. The molecule has 3 amide bonds. The number of carbonyl (C=O) groups is 3. The zero-order chi connectivity index (χ0) is 28.2. The topological polar surface area (TPSA) is 104 Å². The lowest BCUT2D eigenvalue weighted by Gasteiger charge is -2.33. The van der Waals surface area contributed by atoms with Gasteiger partial charge < -0.3 is 10.2 Å². The summed E-state index contributed by atoms with van der Waals surface area (Å²) in [6, 6.07) is 20.8. The predicted octanol–water partition coefficient (Wildman–Crippen LogP) is 4.04. The fraction of sp³-hybridized carbons (Fsp3) is 0.276. The number of halogens is 1. The van der Waals surface area contributed by atoms with Crippen molar-refractivity contribution in [3.8, 4) is 0 Å². The smallest absolute Gasteiger partial charge is 0.269 e. The second-order valence-corrected chi connectivity index (χ2v) is 11.8. The molecule has 0 spiro atoms. The monoisotopic (exact) mass is 567 g/mol. The third-order valence-electron chi connectivity index (χ3n) is 6.73. The van der Waals surface area contributed by atoms with Gasteiger partial charge in [0.05, 0.1) is 5.56 Å². The van der Waals surface area contributed by atoms with Crippen LogP contribution in [0.1, 0.15) is 41.8 Å². The molecule has 0 aliphatic carbocycles. The molecule has 0 bridgehead atoms. The third kappa shape index (κ3) is 6.32. The molecule has 0 saturated carbocycles. The molecular weight excluding hydrogens is 538 g/mol. The van der Waals surface area contributed by atoms with E-state index in [2.05, 4.69) is 5.32 Å². The van der Waals surface area contributed by atoms with Crippen LogP contribution in [0.5, 0.6) is 0 Å². The van der Waals surface area contributed by atoms with Crippen molar-refractivity contribution in [3.63, 3.8) is 0 Å². The molecule has 8 nitrogen and oxygen atoms in total. The number of hydrogen-bond donors (Lipinski definition) is 1. The number of rotatable bonds is 10. The molecule has 0 radical (unpaired) electrons. The first-order valence-electron chi connectivity index (χ1n) is 12.7. The molecule has 10 heteroatoms. The van der Waals surface area contributed by atoms with E-state index in [9.17, 15) is 22.8 Å². The molecule has 1 aliphatic heterocycles. The lowest BCUT2D eigenvalue weighted by Crippen LogP contribution is -2.54. The second-order valence-electron chi connectivity index (χ2n) is 9.48. The molecule has 1 aliphatic rings. The van der Waals surface area contributed by atoms with E-state index in [-0.39, 0.29) is 35.4 Å². The maximum atomic E-state index is 13.9. The van der Waals surface area contributed by atoms with Crippen LogP contribution >= 0.6 is 11.6 Å². The van der Waals surface area contributed by atoms with Crippen molar-refractivity contribution in [3.05, 3.63) is 101 Å². The average Bonchev–Trinajstić information content (AvgIpc) is 3.12. The van der Waals surface area contributed by atoms with Gasteiger partial charge in [0.1, 0.15) is 17.5 Å². The summed E-state index contributed by atoms with van der Waals surface area (Å²) in [5.41, 5.74) is 1.54. The molecule has 1 heterocycles. The summed E-state index contributed by atoms with van der Waals surface area (Å²) < 4.78 is 26.9. The Morgan fingerprint density at radius 1 is 0.949 bits per heavy atom. The van der Waals surface area contributed by atoms with Crippen LogP contribution in [0.4, 0.5) is 0 Å². The Labute approximate surface area is 233 Å². The fourth-order valence-electron chi connectivity index (χ4n) is 4.38. The zero-order valence-corrected chi connectivity index (χ0v) is 23.3. The van der Waals surface area contributed by atoms with Crippen molar-refractivity contribution in [1.82, 2.24) is 14.5 Å². The number of nitrogens with one attached hydrogen (secondary N) is 1. The highest BCUT2D eigenvalue weighted by atomic mass is 35.5. The fourth-order valence-corrected chi connectivity index (χ4v) is 6.03. The predicted molar refractivity (Wildman–Crippen MR) is 148 cm³/mol. The van der Waals surface area contributed by atoms with E-state index < -0.39 is 34.4 Å². The number of sulfonamides is 1. The van der Waals surface area contributed by atoms with Gasteiger partial charge in [-0.2, -0.15) is 0 Å². The maximum Gasteiger partial charge on any atom is 0.269 e. The van der Waals surface area contributed by atoms with Gasteiger partial charge in [-0.15, -0.1) is 0 Å². The first-order chi connectivity index (χ1) is 18.6. The number of nitrogens with zero attached hydrogens (tertiary/aromatic N) is 2. The van der Waals surface area contributed by atoms with Gasteiger partial charge in [-0.25, -0.2) is 12.7 Å². The zero-order valence-electron chi connectivity index (χ0n) is 21.7. The van der Waals surface area contributed by atoms with E-state index in [4.69, 9.17) is 11.6 Å². The van der Waals surface area contributed by atoms with E-state index in [1.165, 1.54) is 23.1 Å². The number of amides is 3. The summed E-state index contributed by atoms with van der Waals surface area (Å²) in [4.78, 5) is 41.7. The SMILES string of the molecule is CC[C@H](C)NC(=O)[C@@H](Cc1ccccc1)N(Cc1ccc(Cl)cc1)C(=O)CN1C(=O)c2ccccc2S1(=O)=O. The van der Waals surface area contributed by atoms with Gasteiger partial charge in [0, 0.05) is 24.0 Å². The molecule has 4 rings (SSSR count). The summed E-state index contributed by atoms with van der Waals surface area (Å²) in [6.07, 6.45) is 0.886. The first-order valence-corrected chi connectivity index (χ1v) is 14.5. The number of benzene rings is 3. The largest absolute Gasteiger partial charge is 0.352 e. The van der Waals surface area contributed by atoms with Crippen LogP contribution in [0.15, 0.2) is 83.8 Å². The molecule has 3 aromatic carbocycles. The molecule has 204 valence electrons. The highest BCUT2D eigenvalue weighted by molar-refractivity contribution is 7.90. The van der Waals surface area contributed by atoms with Crippen LogP contribution in [0.25, 0.3) is 0 Å². The molecule has 0 fully saturated rings. The summed E-state index contributed by atoms with van der Waals surface area (Å²) in [5, 5.41) is 3.47. The standard InChI is InChI=1S/C29H30ClN3O5S/c1-3-20(2)31-28(35)25(17-21-9-5-4-6-10-21)32(18-22-13-15-23(30)16-14-22)27(34)19-33-29(36)24-11-7-8-12-26(24)39(33,37)38/h4-16,20,25H,3,17-19H2,1-2H3,(H,31,35)/t20-,25+/m0/s1. The van der Waals surface area contributed by atoms with Crippen molar-refractivity contribution < 1.29 is 22.8 Å².